The Morgan fingerprint density at radius 3 is 2.38 bits per heavy atom. The smallest absolute Gasteiger partial charge is 0.0497 e. The summed E-state index contributed by atoms with van der Waals surface area (Å²) in [5, 5.41) is 0. The predicted octanol–water partition coefficient (Wildman–Crippen LogP) is 3.03. The molecule has 2 aromatic rings. The monoisotopic (exact) mass is 283 g/mol. The van der Waals surface area contributed by atoms with E-state index in [0.29, 0.717) is 0 Å². The lowest BCUT2D eigenvalue weighted by molar-refractivity contribution is 0.212. The molecule has 0 aliphatic heterocycles. The first-order valence-electron chi connectivity index (χ1n) is 7.62. The van der Waals surface area contributed by atoms with Gasteiger partial charge in [-0.15, -0.1) is 0 Å². The van der Waals surface area contributed by atoms with Gasteiger partial charge in [-0.05, 0) is 43.1 Å². The van der Waals surface area contributed by atoms with E-state index in [4.69, 9.17) is 5.73 Å². The lowest BCUT2D eigenvalue weighted by Crippen LogP contribution is -2.39. The third kappa shape index (κ3) is 4.38. The summed E-state index contributed by atoms with van der Waals surface area (Å²) in [6.45, 7) is 3.13. The molecule has 1 aromatic heterocycles. The van der Waals surface area contributed by atoms with Crippen molar-refractivity contribution >= 4 is 0 Å². The number of likely N-dealkylation sites (N-methyl/N-ethyl adjacent to an activating group) is 1. The molecule has 2 unspecified atom stereocenters. The van der Waals surface area contributed by atoms with Crippen LogP contribution in [-0.2, 0) is 6.42 Å². The molecule has 0 saturated heterocycles. The second-order valence-electron chi connectivity index (χ2n) is 5.51. The zero-order chi connectivity index (χ0) is 15.1. The molecule has 2 rings (SSSR count). The van der Waals surface area contributed by atoms with Crippen molar-refractivity contribution in [1.29, 1.82) is 0 Å². The van der Waals surface area contributed by atoms with Gasteiger partial charge in [0.2, 0.25) is 0 Å². The Morgan fingerprint density at radius 1 is 1.10 bits per heavy atom. The van der Waals surface area contributed by atoms with E-state index in [1.807, 2.05) is 12.4 Å². The van der Waals surface area contributed by atoms with Crippen molar-refractivity contribution in [3.05, 3.63) is 66.0 Å². The fourth-order valence-corrected chi connectivity index (χ4v) is 2.70. The van der Waals surface area contributed by atoms with Crippen LogP contribution in [0.25, 0.3) is 0 Å². The van der Waals surface area contributed by atoms with Gasteiger partial charge in [-0.2, -0.15) is 0 Å². The number of hydrogen-bond acceptors (Lipinski definition) is 3. The van der Waals surface area contributed by atoms with E-state index in [1.54, 1.807) is 0 Å². The minimum atomic E-state index is 0.133. The van der Waals surface area contributed by atoms with Crippen molar-refractivity contribution in [2.75, 3.05) is 13.6 Å². The molecule has 112 valence electrons. The number of hydrogen-bond donors (Lipinski definition) is 1. The zero-order valence-electron chi connectivity index (χ0n) is 12.9. The average Bonchev–Trinajstić information content (AvgIpc) is 2.55. The maximum atomic E-state index is 6.36. The van der Waals surface area contributed by atoms with E-state index in [-0.39, 0.29) is 12.1 Å². The number of aromatic nitrogens is 1. The minimum Gasteiger partial charge on any atom is -0.326 e. The van der Waals surface area contributed by atoms with E-state index in [2.05, 4.69) is 66.3 Å². The Balaban J connectivity index is 2.06. The van der Waals surface area contributed by atoms with Crippen LogP contribution in [0.4, 0.5) is 0 Å². The van der Waals surface area contributed by atoms with Crippen LogP contribution in [0.5, 0.6) is 0 Å². The topological polar surface area (TPSA) is 42.1 Å². The normalized spacial score (nSPS) is 14.1. The summed E-state index contributed by atoms with van der Waals surface area (Å²) in [7, 11) is 2.16. The summed E-state index contributed by atoms with van der Waals surface area (Å²) < 4.78 is 0. The van der Waals surface area contributed by atoms with Gasteiger partial charge in [0, 0.05) is 31.0 Å². The van der Waals surface area contributed by atoms with Gasteiger partial charge in [0.25, 0.3) is 0 Å². The van der Waals surface area contributed by atoms with Gasteiger partial charge >= 0.3 is 0 Å². The Morgan fingerprint density at radius 2 is 1.76 bits per heavy atom. The molecule has 3 nitrogen and oxygen atoms in total. The highest BCUT2D eigenvalue weighted by Gasteiger charge is 2.22. The number of pyridine rings is 1. The molecule has 21 heavy (non-hydrogen) atoms. The van der Waals surface area contributed by atoms with Gasteiger partial charge in [0.1, 0.15) is 0 Å². The lowest BCUT2D eigenvalue weighted by Gasteiger charge is -2.32. The number of rotatable bonds is 7. The molecule has 2 N–H and O–H groups in total. The van der Waals surface area contributed by atoms with E-state index in [9.17, 15) is 0 Å². The second-order valence-corrected chi connectivity index (χ2v) is 5.51. The van der Waals surface area contributed by atoms with Crippen molar-refractivity contribution < 1.29 is 0 Å². The van der Waals surface area contributed by atoms with Crippen molar-refractivity contribution in [1.82, 2.24) is 9.88 Å². The van der Waals surface area contributed by atoms with Crippen LogP contribution >= 0.6 is 0 Å². The molecule has 0 aliphatic rings. The Labute approximate surface area is 127 Å². The Hall–Kier alpha value is -1.71. The molecule has 2 atom stereocenters. The highest BCUT2D eigenvalue weighted by Crippen LogP contribution is 2.23. The Bertz CT molecular complexity index is 513. The average molecular weight is 283 g/mol. The molecular formula is C18H25N3. The zero-order valence-corrected chi connectivity index (χ0v) is 12.9. The third-order valence-electron chi connectivity index (χ3n) is 4.00. The highest BCUT2D eigenvalue weighted by atomic mass is 15.1. The van der Waals surface area contributed by atoms with Gasteiger partial charge in [-0.25, -0.2) is 0 Å². The van der Waals surface area contributed by atoms with Crippen LogP contribution in [0, 0.1) is 0 Å². The summed E-state index contributed by atoms with van der Waals surface area (Å²) in [5.41, 5.74) is 8.97. The molecule has 0 bridgehead atoms. The molecule has 1 heterocycles. The maximum Gasteiger partial charge on any atom is 0.0497 e. The molecule has 0 amide bonds. The summed E-state index contributed by atoms with van der Waals surface area (Å²) in [6, 6.07) is 15.1. The fraction of sp³-hybridized carbons (Fsp3) is 0.389. The number of nitrogens with zero attached hydrogens (tertiary/aromatic N) is 2. The minimum absolute atomic E-state index is 0.133. The van der Waals surface area contributed by atoms with Crippen LogP contribution in [0.3, 0.4) is 0 Å². The van der Waals surface area contributed by atoms with Crippen molar-refractivity contribution in [2.45, 2.75) is 31.8 Å². The molecular weight excluding hydrogens is 258 g/mol. The van der Waals surface area contributed by atoms with Crippen LogP contribution in [0.1, 0.15) is 30.5 Å². The molecule has 1 aromatic carbocycles. The van der Waals surface area contributed by atoms with Crippen molar-refractivity contribution in [3.63, 3.8) is 0 Å². The fourth-order valence-electron chi connectivity index (χ4n) is 2.70. The van der Waals surface area contributed by atoms with E-state index in [0.717, 1.165) is 19.4 Å². The van der Waals surface area contributed by atoms with E-state index in [1.165, 1.54) is 11.1 Å². The SMILES string of the molecule is CCC(N)C(c1ccncc1)N(C)CCc1ccccc1. The third-order valence-corrected chi connectivity index (χ3v) is 4.00. The quantitative estimate of drug-likeness (QED) is 0.849. The predicted molar refractivity (Wildman–Crippen MR) is 88.0 cm³/mol. The van der Waals surface area contributed by atoms with E-state index < -0.39 is 0 Å². The number of nitrogens with two attached hydrogens (primary N) is 1. The molecule has 0 spiro atoms. The molecule has 0 radical (unpaired) electrons. The van der Waals surface area contributed by atoms with Crippen LogP contribution in [0.15, 0.2) is 54.9 Å². The van der Waals surface area contributed by atoms with Crippen LogP contribution in [-0.4, -0.2) is 29.5 Å². The van der Waals surface area contributed by atoms with Gasteiger partial charge in [0.05, 0.1) is 0 Å². The van der Waals surface area contributed by atoms with Crippen LogP contribution < -0.4 is 5.73 Å². The van der Waals surface area contributed by atoms with Gasteiger partial charge in [-0.1, -0.05) is 37.3 Å². The van der Waals surface area contributed by atoms with Crippen molar-refractivity contribution in [2.24, 2.45) is 5.73 Å². The molecule has 3 heteroatoms. The van der Waals surface area contributed by atoms with E-state index >= 15 is 0 Å². The summed E-state index contributed by atoms with van der Waals surface area (Å²) in [5.74, 6) is 0. The second kappa shape index (κ2) is 7.91. The largest absolute Gasteiger partial charge is 0.326 e. The summed E-state index contributed by atoms with van der Waals surface area (Å²) in [6.07, 6.45) is 5.68. The first kappa shape index (κ1) is 15.7. The Kier molecular flexibility index (Phi) is 5.90. The first-order valence-corrected chi connectivity index (χ1v) is 7.62. The molecule has 0 saturated carbocycles. The summed E-state index contributed by atoms with van der Waals surface area (Å²) >= 11 is 0. The lowest BCUT2D eigenvalue weighted by atomic mass is 9.97. The summed E-state index contributed by atoms with van der Waals surface area (Å²) in [4.78, 5) is 6.46. The first-order chi connectivity index (χ1) is 10.2. The van der Waals surface area contributed by atoms with Gasteiger partial charge < -0.3 is 5.73 Å². The van der Waals surface area contributed by atoms with Crippen molar-refractivity contribution in [3.8, 4) is 0 Å². The molecule has 0 fully saturated rings. The number of benzene rings is 1. The van der Waals surface area contributed by atoms with Gasteiger partial charge in [-0.3, -0.25) is 9.88 Å². The van der Waals surface area contributed by atoms with Gasteiger partial charge in [0.15, 0.2) is 0 Å². The standard InChI is InChI=1S/C18H25N3/c1-3-17(19)18(16-9-12-20-13-10-16)21(2)14-11-15-7-5-4-6-8-15/h4-10,12-13,17-18H,3,11,14,19H2,1-2H3. The van der Waals surface area contributed by atoms with Crippen LogP contribution in [0.2, 0.25) is 0 Å². The maximum absolute atomic E-state index is 6.36. The molecule has 0 aliphatic carbocycles. The highest BCUT2D eigenvalue weighted by molar-refractivity contribution is 5.18.